The number of carboxylic acids is 1. The Kier molecular flexibility index (Phi) is 5.33. The number of nitrogens with one attached hydrogen (secondary N) is 1. The summed E-state index contributed by atoms with van der Waals surface area (Å²) in [6.07, 6.45) is -0.546. The van der Waals surface area contributed by atoms with E-state index in [0.29, 0.717) is 19.4 Å². The summed E-state index contributed by atoms with van der Waals surface area (Å²) in [7, 11) is 2.11. The van der Waals surface area contributed by atoms with Crippen molar-refractivity contribution in [1.29, 1.82) is 0 Å². The van der Waals surface area contributed by atoms with Crippen molar-refractivity contribution in [3.8, 4) is 0 Å². The first-order valence-corrected chi connectivity index (χ1v) is 7.13. The number of hydrogen-bond acceptors (Lipinski definition) is 5. The Morgan fingerprint density at radius 1 is 1.20 bits per heavy atom. The van der Waals surface area contributed by atoms with Gasteiger partial charge in [-0.3, -0.25) is 9.69 Å². The minimum absolute atomic E-state index is 0.192. The van der Waals surface area contributed by atoms with Gasteiger partial charge in [0, 0.05) is 39.3 Å². The number of carbonyl (C=O) groups excluding carboxylic acids is 1. The lowest BCUT2D eigenvalue weighted by molar-refractivity contribution is -0.151. The molecule has 2 rings (SSSR count). The fourth-order valence-electron chi connectivity index (χ4n) is 2.53. The van der Waals surface area contributed by atoms with E-state index < -0.39 is 18.2 Å². The number of carbonyl (C=O) groups is 2. The molecule has 2 aliphatic heterocycles. The zero-order valence-electron chi connectivity index (χ0n) is 11.9. The van der Waals surface area contributed by atoms with Crippen molar-refractivity contribution in [3.05, 3.63) is 0 Å². The molecule has 0 aromatic carbocycles. The van der Waals surface area contributed by atoms with E-state index in [-0.39, 0.29) is 5.91 Å². The minimum Gasteiger partial charge on any atom is -0.479 e. The van der Waals surface area contributed by atoms with Gasteiger partial charge in [-0.2, -0.15) is 0 Å². The average molecular weight is 285 g/mol. The van der Waals surface area contributed by atoms with E-state index in [1.165, 1.54) is 0 Å². The van der Waals surface area contributed by atoms with Crippen LogP contribution in [-0.2, 0) is 14.3 Å². The Hall–Kier alpha value is -1.18. The van der Waals surface area contributed by atoms with E-state index in [9.17, 15) is 9.59 Å². The summed E-state index contributed by atoms with van der Waals surface area (Å²) in [5.74, 6) is -1.18. The number of rotatable bonds is 5. The van der Waals surface area contributed by atoms with E-state index in [0.717, 1.165) is 32.7 Å². The van der Waals surface area contributed by atoms with Crippen molar-refractivity contribution in [1.82, 2.24) is 15.1 Å². The van der Waals surface area contributed by atoms with Gasteiger partial charge in [0.1, 0.15) is 6.10 Å². The number of amides is 1. The molecule has 0 bridgehead atoms. The molecule has 2 atom stereocenters. The normalized spacial score (nSPS) is 28.4. The molecule has 114 valence electrons. The first kappa shape index (κ1) is 15.2. The molecule has 1 amide bonds. The second kappa shape index (κ2) is 7.01. The number of piperazine rings is 1. The molecule has 20 heavy (non-hydrogen) atoms. The molecule has 2 aliphatic rings. The SMILES string of the molecule is CN1CCN(CCNC(=O)[C@@H]2CC[C@H](C(=O)O)O2)CC1. The predicted molar refractivity (Wildman–Crippen MR) is 72.5 cm³/mol. The highest BCUT2D eigenvalue weighted by atomic mass is 16.5. The molecular weight excluding hydrogens is 262 g/mol. The fourth-order valence-corrected chi connectivity index (χ4v) is 2.53. The standard InChI is InChI=1S/C13H23N3O4/c1-15-6-8-16(9-7-15)5-4-14-12(17)10-2-3-11(20-10)13(18)19/h10-11H,2-9H2,1H3,(H,14,17)(H,18,19)/t10-,11+/m0/s1. The molecule has 0 aliphatic carbocycles. The third-order valence-corrected chi connectivity index (χ3v) is 3.91. The number of ether oxygens (including phenoxy) is 1. The second-order valence-corrected chi connectivity index (χ2v) is 5.46. The lowest BCUT2D eigenvalue weighted by atomic mass is 10.2. The smallest absolute Gasteiger partial charge is 0.332 e. The first-order chi connectivity index (χ1) is 9.56. The van der Waals surface area contributed by atoms with E-state index >= 15 is 0 Å². The molecular formula is C13H23N3O4. The van der Waals surface area contributed by atoms with Crippen LogP contribution in [0.4, 0.5) is 0 Å². The van der Waals surface area contributed by atoms with E-state index in [2.05, 4.69) is 22.2 Å². The largest absolute Gasteiger partial charge is 0.479 e. The van der Waals surface area contributed by atoms with Crippen LogP contribution in [0, 0.1) is 0 Å². The highest BCUT2D eigenvalue weighted by molar-refractivity contribution is 5.82. The molecule has 0 unspecified atom stereocenters. The monoisotopic (exact) mass is 285 g/mol. The summed E-state index contributed by atoms with van der Waals surface area (Å²) < 4.78 is 5.21. The van der Waals surface area contributed by atoms with Gasteiger partial charge in [-0.25, -0.2) is 4.79 Å². The Bertz CT molecular complexity index is 356. The maximum Gasteiger partial charge on any atom is 0.332 e. The Morgan fingerprint density at radius 2 is 1.85 bits per heavy atom. The minimum atomic E-state index is -0.988. The van der Waals surface area contributed by atoms with Crippen molar-refractivity contribution < 1.29 is 19.4 Å². The van der Waals surface area contributed by atoms with Crippen molar-refractivity contribution in [2.24, 2.45) is 0 Å². The molecule has 0 saturated carbocycles. The van der Waals surface area contributed by atoms with Crippen molar-refractivity contribution in [2.45, 2.75) is 25.0 Å². The summed E-state index contributed by atoms with van der Waals surface area (Å²) >= 11 is 0. The van der Waals surface area contributed by atoms with Gasteiger partial charge in [0.25, 0.3) is 0 Å². The molecule has 7 nitrogen and oxygen atoms in total. The molecule has 0 aromatic rings. The van der Waals surface area contributed by atoms with E-state index in [1.807, 2.05) is 0 Å². The van der Waals surface area contributed by atoms with Crippen LogP contribution in [-0.4, -0.2) is 85.3 Å². The summed E-state index contributed by atoms with van der Waals surface area (Å²) in [5.41, 5.74) is 0. The van der Waals surface area contributed by atoms with Crippen molar-refractivity contribution in [2.75, 3.05) is 46.3 Å². The topological polar surface area (TPSA) is 82.1 Å². The lowest BCUT2D eigenvalue weighted by Gasteiger charge is -2.32. The molecule has 0 spiro atoms. The molecule has 2 saturated heterocycles. The van der Waals surface area contributed by atoms with E-state index in [1.54, 1.807) is 0 Å². The van der Waals surface area contributed by atoms with Crippen LogP contribution in [0.5, 0.6) is 0 Å². The number of nitrogens with zero attached hydrogens (tertiary/aromatic N) is 2. The van der Waals surface area contributed by atoms with Gasteiger partial charge < -0.3 is 20.1 Å². The van der Waals surface area contributed by atoms with Crippen molar-refractivity contribution in [3.63, 3.8) is 0 Å². The van der Waals surface area contributed by atoms with Crippen molar-refractivity contribution >= 4 is 11.9 Å². The van der Waals surface area contributed by atoms with Gasteiger partial charge in [0.05, 0.1) is 0 Å². The number of likely N-dealkylation sites (N-methyl/N-ethyl adjacent to an activating group) is 1. The number of carboxylic acid groups (broad SMARTS) is 1. The summed E-state index contributed by atoms with van der Waals surface area (Å²) in [6.45, 7) is 5.57. The summed E-state index contributed by atoms with van der Waals surface area (Å²) in [5, 5.41) is 11.6. The van der Waals surface area contributed by atoms with Crippen LogP contribution in [0.3, 0.4) is 0 Å². The van der Waals surface area contributed by atoms with Crippen LogP contribution in [0.2, 0.25) is 0 Å². The molecule has 0 aromatic heterocycles. The van der Waals surface area contributed by atoms with Gasteiger partial charge >= 0.3 is 5.97 Å². The molecule has 2 fully saturated rings. The van der Waals surface area contributed by atoms with Gasteiger partial charge in [-0.1, -0.05) is 0 Å². The molecule has 7 heteroatoms. The quantitative estimate of drug-likeness (QED) is 0.673. The molecule has 2 heterocycles. The zero-order valence-corrected chi connectivity index (χ0v) is 11.9. The van der Waals surface area contributed by atoms with Crippen LogP contribution in [0.15, 0.2) is 0 Å². The number of aliphatic carboxylic acids is 1. The maximum atomic E-state index is 11.9. The Morgan fingerprint density at radius 3 is 2.45 bits per heavy atom. The summed E-state index contributed by atoms with van der Waals surface area (Å²) in [4.78, 5) is 27.2. The highest BCUT2D eigenvalue weighted by Crippen LogP contribution is 2.19. The van der Waals surface area contributed by atoms with Gasteiger partial charge in [0.2, 0.25) is 5.91 Å². The van der Waals surface area contributed by atoms with E-state index in [4.69, 9.17) is 9.84 Å². The second-order valence-electron chi connectivity index (χ2n) is 5.46. The Labute approximate surface area is 118 Å². The predicted octanol–water partition coefficient (Wildman–Crippen LogP) is -1.02. The highest BCUT2D eigenvalue weighted by Gasteiger charge is 2.34. The third-order valence-electron chi connectivity index (χ3n) is 3.91. The summed E-state index contributed by atoms with van der Waals surface area (Å²) in [6, 6.07) is 0. The number of hydrogen-bond donors (Lipinski definition) is 2. The van der Waals surface area contributed by atoms with Crippen LogP contribution < -0.4 is 5.32 Å². The molecule has 2 N–H and O–H groups in total. The first-order valence-electron chi connectivity index (χ1n) is 7.13. The lowest BCUT2D eigenvalue weighted by Crippen LogP contribution is -2.47. The Balaban J connectivity index is 1.62. The molecule has 0 radical (unpaired) electrons. The fraction of sp³-hybridized carbons (Fsp3) is 0.846. The zero-order chi connectivity index (χ0) is 14.5. The van der Waals surface area contributed by atoms with Gasteiger partial charge in [0.15, 0.2) is 6.10 Å². The van der Waals surface area contributed by atoms with Gasteiger partial charge in [-0.05, 0) is 19.9 Å². The van der Waals surface area contributed by atoms with Crippen LogP contribution in [0.1, 0.15) is 12.8 Å². The maximum absolute atomic E-state index is 11.9. The van der Waals surface area contributed by atoms with Crippen LogP contribution in [0.25, 0.3) is 0 Å². The van der Waals surface area contributed by atoms with Crippen LogP contribution >= 0.6 is 0 Å². The third kappa shape index (κ3) is 4.16. The average Bonchev–Trinajstić information content (AvgIpc) is 2.91. The van der Waals surface area contributed by atoms with Gasteiger partial charge in [-0.15, -0.1) is 0 Å².